The molecule has 0 bridgehead atoms. The Bertz CT molecular complexity index is 591. The predicted molar refractivity (Wildman–Crippen MR) is 75.9 cm³/mol. The van der Waals surface area contributed by atoms with E-state index >= 15 is 0 Å². The molecule has 0 aliphatic rings. The van der Waals surface area contributed by atoms with E-state index in [0.717, 1.165) is 12.1 Å². The summed E-state index contributed by atoms with van der Waals surface area (Å²) in [5, 5.41) is 3.13. The number of Topliss-reactive ketones (excluding diaryl/α,β-unsaturated/α-hetero) is 1. The topological polar surface area (TPSA) is 54.9 Å². The van der Waals surface area contributed by atoms with Gasteiger partial charge in [-0.25, -0.2) is 9.97 Å². The summed E-state index contributed by atoms with van der Waals surface area (Å²) in [5.41, 5.74) is 3.48. The molecule has 0 saturated heterocycles. The van der Waals surface area contributed by atoms with Crippen LogP contribution in [0, 0.1) is 6.92 Å². The third-order valence-electron chi connectivity index (χ3n) is 2.98. The van der Waals surface area contributed by atoms with Gasteiger partial charge in [0.05, 0.1) is 11.3 Å². The lowest BCUT2D eigenvalue weighted by Crippen LogP contribution is -2.04. The number of nitrogens with one attached hydrogen (secondary N) is 1. The minimum atomic E-state index is -0.0173. The van der Waals surface area contributed by atoms with Crippen molar-refractivity contribution in [1.29, 1.82) is 0 Å². The standard InChI is InChI=1S/C15H17N3O/c1-4-12-5-7-13(8-6-12)18-15-16-9-14(11(3)19)10(2)17-15/h5-9H,4H2,1-3H3,(H,16,17,18). The van der Waals surface area contributed by atoms with Crippen molar-refractivity contribution in [2.24, 2.45) is 0 Å². The third kappa shape index (κ3) is 3.16. The summed E-state index contributed by atoms with van der Waals surface area (Å²) in [6.07, 6.45) is 2.58. The van der Waals surface area contributed by atoms with Gasteiger partial charge in [0.1, 0.15) is 0 Å². The summed E-state index contributed by atoms with van der Waals surface area (Å²) >= 11 is 0. The zero-order valence-electron chi connectivity index (χ0n) is 11.4. The Morgan fingerprint density at radius 2 is 1.95 bits per heavy atom. The van der Waals surface area contributed by atoms with Crippen molar-refractivity contribution in [2.75, 3.05) is 5.32 Å². The van der Waals surface area contributed by atoms with Crippen LogP contribution in [0.15, 0.2) is 30.5 Å². The molecule has 98 valence electrons. The van der Waals surface area contributed by atoms with Crippen LogP contribution in [-0.4, -0.2) is 15.8 Å². The van der Waals surface area contributed by atoms with Gasteiger partial charge in [-0.2, -0.15) is 0 Å². The van der Waals surface area contributed by atoms with Crippen LogP contribution in [-0.2, 0) is 6.42 Å². The molecular formula is C15H17N3O. The molecule has 2 aromatic rings. The van der Waals surface area contributed by atoms with E-state index in [1.165, 1.54) is 12.5 Å². The minimum absolute atomic E-state index is 0.0173. The predicted octanol–water partition coefficient (Wildman–Crippen LogP) is 3.29. The van der Waals surface area contributed by atoms with Gasteiger partial charge in [-0.1, -0.05) is 19.1 Å². The fourth-order valence-corrected chi connectivity index (χ4v) is 1.83. The highest BCUT2D eigenvalue weighted by Crippen LogP contribution is 2.15. The van der Waals surface area contributed by atoms with Crippen molar-refractivity contribution in [3.8, 4) is 0 Å². The quantitative estimate of drug-likeness (QED) is 0.852. The van der Waals surface area contributed by atoms with Crippen molar-refractivity contribution in [3.05, 3.63) is 47.3 Å². The number of carbonyl (C=O) groups is 1. The monoisotopic (exact) mass is 255 g/mol. The van der Waals surface area contributed by atoms with Gasteiger partial charge < -0.3 is 5.32 Å². The van der Waals surface area contributed by atoms with E-state index in [9.17, 15) is 4.79 Å². The fraction of sp³-hybridized carbons (Fsp3) is 0.267. The first-order chi connectivity index (χ1) is 9.10. The smallest absolute Gasteiger partial charge is 0.227 e. The van der Waals surface area contributed by atoms with Crippen molar-refractivity contribution >= 4 is 17.4 Å². The second-order valence-electron chi connectivity index (χ2n) is 4.42. The highest BCUT2D eigenvalue weighted by molar-refractivity contribution is 5.94. The summed E-state index contributed by atoms with van der Waals surface area (Å²) in [6.45, 7) is 5.45. The molecule has 0 aliphatic heterocycles. The van der Waals surface area contributed by atoms with E-state index in [2.05, 4.69) is 34.3 Å². The molecule has 4 nitrogen and oxygen atoms in total. The zero-order valence-corrected chi connectivity index (χ0v) is 11.4. The molecule has 2 rings (SSSR count). The lowest BCUT2D eigenvalue weighted by Gasteiger charge is -2.07. The SMILES string of the molecule is CCc1ccc(Nc2ncc(C(C)=O)c(C)n2)cc1. The number of aryl methyl sites for hydroxylation is 2. The number of hydrogen-bond donors (Lipinski definition) is 1. The number of anilines is 2. The Morgan fingerprint density at radius 1 is 1.26 bits per heavy atom. The number of aromatic nitrogens is 2. The first-order valence-corrected chi connectivity index (χ1v) is 6.30. The molecule has 19 heavy (non-hydrogen) atoms. The summed E-state index contributed by atoms with van der Waals surface area (Å²) < 4.78 is 0. The second-order valence-corrected chi connectivity index (χ2v) is 4.42. The lowest BCUT2D eigenvalue weighted by atomic mass is 10.1. The molecule has 4 heteroatoms. The normalized spacial score (nSPS) is 10.3. The summed E-state index contributed by atoms with van der Waals surface area (Å²) in [4.78, 5) is 19.8. The fourth-order valence-electron chi connectivity index (χ4n) is 1.83. The van der Waals surface area contributed by atoms with Crippen LogP contribution >= 0.6 is 0 Å². The van der Waals surface area contributed by atoms with Gasteiger partial charge in [0.25, 0.3) is 0 Å². The molecule has 0 aliphatic carbocycles. The van der Waals surface area contributed by atoms with E-state index in [0.29, 0.717) is 17.2 Å². The molecule has 1 N–H and O–H groups in total. The van der Waals surface area contributed by atoms with Crippen LogP contribution in [0.2, 0.25) is 0 Å². The van der Waals surface area contributed by atoms with Gasteiger partial charge >= 0.3 is 0 Å². The second kappa shape index (κ2) is 5.61. The highest BCUT2D eigenvalue weighted by atomic mass is 16.1. The van der Waals surface area contributed by atoms with Gasteiger partial charge in [0, 0.05) is 11.9 Å². The van der Waals surface area contributed by atoms with Crippen molar-refractivity contribution in [3.63, 3.8) is 0 Å². The number of benzene rings is 1. The van der Waals surface area contributed by atoms with E-state index in [-0.39, 0.29) is 5.78 Å². The number of rotatable bonds is 4. The Balaban J connectivity index is 2.18. The molecule has 1 heterocycles. The molecule has 1 aromatic heterocycles. The number of nitrogens with zero attached hydrogens (tertiary/aromatic N) is 2. The molecule has 0 atom stereocenters. The largest absolute Gasteiger partial charge is 0.324 e. The molecule has 0 radical (unpaired) electrons. The number of carbonyl (C=O) groups excluding carboxylic acids is 1. The van der Waals surface area contributed by atoms with E-state index in [1.807, 2.05) is 19.1 Å². The molecular weight excluding hydrogens is 238 g/mol. The number of hydrogen-bond acceptors (Lipinski definition) is 4. The average molecular weight is 255 g/mol. The molecule has 0 fully saturated rings. The summed E-state index contributed by atoms with van der Waals surface area (Å²) in [7, 11) is 0. The summed E-state index contributed by atoms with van der Waals surface area (Å²) in [5.74, 6) is 0.489. The van der Waals surface area contributed by atoms with Crippen LogP contribution in [0.4, 0.5) is 11.6 Å². The third-order valence-corrected chi connectivity index (χ3v) is 2.98. The number of ketones is 1. The van der Waals surface area contributed by atoms with Gasteiger partial charge in [0.2, 0.25) is 5.95 Å². The van der Waals surface area contributed by atoms with Gasteiger partial charge in [-0.3, -0.25) is 4.79 Å². The van der Waals surface area contributed by atoms with Gasteiger partial charge in [0.15, 0.2) is 5.78 Å². The van der Waals surface area contributed by atoms with E-state index in [4.69, 9.17) is 0 Å². The minimum Gasteiger partial charge on any atom is -0.324 e. The lowest BCUT2D eigenvalue weighted by molar-refractivity contribution is 0.101. The van der Waals surface area contributed by atoms with Crippen LogP contribution in [0.3, 0.4) is 0 Å². The van der Waals surface area contributed by atoms with Crippen LogP contribution in [0.1, 0.15) is 35.5 Å². The van der Waals surface area contributed by atoms with E-state index in [1.54, 1.807) is 6.20 Å². The van der Waals surface area contributed by atoms with Crippen molar-refractivity contribution < 1.29 is 4.79 Å². The molecule has 0 spiro atoms. The molecule has 0 saturated carbocycles. The molecule has 0 amide bonds. The Morgan fingerprint density at radius 3 is 2.47 bits per heavy atom. The molecule has 1 aromatic carbocycles. The molecule has 0 unspecified atom stereocenters. The maximum atomic E-state index is 11.3. The average Bonchev–Trinajstić information content (AvgIpc) is 2.39. The Labute approximate surface area is 112 Å². The Kier molecular flexibility index (Phi) is 3.90. The zero-order chi connectivity index (χ0) is 13.8. The highest BCUT2D eigenvalue weighted by Gasteiger charge is 2.07. The Hall–Kier alpha value is -2.23. The van der Waals surface area contributed by atoms with Crippen LogP contribution in [0.25, 0.3) is 0 Å². The van der Waals surface area contributed by atoms with Gasteiger partial charge in [-0.15, -0.1) is 0 Å². The maximum absolute atomic E-state index is 11.3. The maximum Gasteiger partial charge on any atom is 0.227 e. The van der Waals surface area contributed by atoms with Crippen molar-refractivity contribution in [2.45, 2.75) is 27.2 Å². The summed E-state index contributed by atoms with van der Waals surface area (Å²) in [6, 6.07) is 8.13. The van der Waals surface area contributed by atoms with Crippen LogP contribution < -0.4 is 5.32 Å². The van der Waals surface area contributed by atoms with E-state index < -0.39 is 0 Å². The first kappa shape index (κ1) is 13.2. The van der Waals surface area contributed by atoms with Crippen molar-refractivity contribution in [1.82, 2.24) is 9.97 Å². The first-order valence-electron chi connectivity index (χ1n) is 6.30. The van der Waals surface area contributed by atoms with Crippen LogP contribution in [0.5, 0.6) is 0 Å². The van der Waals surface area contributed by atoms with Gasteiger partial charge in [-0.05, 0) is 38.0 Å².